The molecule has 0 fully saturated rings. The zero-order valence-corrected chi connectivity index (χ0v) is 38.4. The Morgan fingerprint density at radius 2 is 1.22 bits per heavy atom. The summed E-state index contributed by atoms with van der Waals surface area (Å²) in [7, 11) is 0. The standard InChI is InChI=1S/C59H53BN2O2/c1-56(2,3)35-26-27-46(38(30-35)34-18-11-10-12-19-34)61-52-41-32-44-45(58(6,7)29-28-57(44,4)5)33-49(41)64-55(52)60-50-39(31-40-36-20-13-16-25-48(36)63-54(40)53(50)61)37-21-17-23-43-51(37)62(60)47-24-15-14-22-42(47)59(43,8)9/h10-27,30-33H,28-29H2,1-9H3. The van der Waals surface area contributed by atoms with Crippen molar-refractivity contribution in [3.8, 4) is 22.3 Å². The van der Waals surface area contributed by atoms with E-state index >= 15 is 0 Å². The number of para-hydroxylation sites is 3. The molecule has 0 saturated carbocycles. The Morgan fingerprint density at radius 1 is 0.516 bits per heavy atom. The molecule has 5 heterocycles. The van der Waals surface area contributed by atoms with E-state index < -0.39 is 0 Å². The molecule has 1 aliphatic carbocycles. The van der Waals surface area contributed by atoms with Crippen LogP contribution in [0.15, 0.2) is 142 Å². The minimum Gasteiger partial charge on any atom is -0.466 e. The third-order valence-electron chi connectivity index (χ3n) is 15.8. The highest BCUT2D eigenvalue weighted by Crippen LogP contribution is 2.59. The first-order valence-corrected chi connectivity index (χ1v) is 23.3. The lowest BCUT2D eigenvalue weighted by Crippen LogP contribution is -2.62. The van der Waals surface area contributed by atoms with Gasteiger partial charge in [0.15, 0.2) is 5.58 Å². The smallest absolute Gasteiger partial charge is 0.376 e. The highest BCUT2D eigenvalue weighted by molar-refractivity contribution is 6.93. The summed E-state index contributed by atoms with van der Waals surface area (Å²) in [4.78, 5) is 5.21. The van der Waals surface area contributed by atoms with Gasteiger partial charge in [0.1, 0.15) is 16.8 Å². The van der Waals surface area contributed by atoms with Crippen molar-refractivity contribution in [2.75, 3.05) is 9.71 Å². The molecular formula is C59H53BN2O2. The van der Waals surface area contributed by atoms with Crippen LogP contribution in [0.4, 0.5) is 28.4 Å². The van der Waals surface area contributed by atoms with Gasteiger partial charge in [0, 0.05) is 44.1 Å². The van der Waals surface area contributed by atoms with Crippen molar-refractivity contribution in [3.63, 3.8) is 0 Å². The summed E-state index contributed by atoms with van der Waals surface area (Å²) in [6.45, 7) is 21.1. The molecule has 13 rings (SSSR count). The molecule has 0 saturated heterocycles. The van der Waals surface area contributed by atoms with E-state index in [2.05, 4.69) is 205 Å². The highest BCUT2D eigenvalue weighted by Gasteiger charge is 2.54. The van der Waals surface area contributed by atoms with Gasteiger partial charge in [0.05, 0.1) is 17.1 Å². The molecule has 0 spiro atoms. The maximum atomic E-state index is 7.68. The van der Waals surface area contributed by atoms with E-state index in [-0.39, 0.29) is 28.5 Å². The maximum absolute atomic E-state index is 7.68. The lowest BCUT2D eigenvalue weighted by Gasteiger charge is -2.50. The number of fused-ring (bicyclic) bond motifs is 13. The van der Waals surface area contributed by atoms with Gasteiger partial charge in [-0.1, -0.05) is 153 Å². The fourth-order valence-electron chi connectivity index (χ4n) is 12.2. The minimum atomic E-state index is -0.278. The van der Waals surface area contributed by atoms with Crippen LogP contribution in [0.3, 0.4) is 0 Å². The maximum Gasteiger partial charge on any atom is 0.376 e. The van der Waals surface area contributed by atoms with Gasteiger partial charge in [-0.15, -0.1) is 0 Å². The summed E-state index contributed by atoms with van der Waals surface area (Å²) in [6, 6.07) is 50.1. The van der Waals surface area contributed by atoms with E-state index in [9.17, 15) is 0 Å². The first-order valence-electron chi connectivity index (χ1n) is 23.3. The average molecular weight is 833 g/mol. The van der Waals surface area contributed by atoms with Crippen LogP contribution in [-0.2, 0) is 21.7 Å². The van der Waals surface area contributed by atoms with Crippen LogP contribution >= 0.6 is 0 Å². The predicted molar refractivity (Wildman–Crippen MR) is 269 cm³/mol. The molecule has 314 valence electrons. The van der Waals surface area contributed by atoms with Crippen molar-refractivity contribution in [2.45, 2.75) is 96.8 Å². The molecular weight excluding hydrogens is 779 g/mol. The minimum absolute atomic E-state index is 0.000594. The van der Waals surface area contributed by atoms with E-state index in [0.29, 0.717) is 0 Å². The zero-order chi connectivity index (χ0) is 43.8. The molecule has 0 bridgehead atoms. The molecule has 9 aromatic rings. The molecule has 5 heteroatoms. The van der Waals surface area contributed by atoms with Gasteiger partial charge in [-0.2, -0.15) is 0 Å². The average Bonchev–Trinajstić information content (AvgIpc) is 3.85. The Hall–Kier alpha value is -6.46. The normalized spacial score (nSPS) is 17.3. The summed E-state index contributed by atoms with van der Waals surface area (Å²) in [6.07, 6.45) is 2.26. The molecule has 7 aromatic carbocycles. The second-order valence-corrected chi connectivity index (χ2v) is 21.9. The Labute approximate surface area is 376 Å². The third kappa shape index (κ3) is 4.91. The Balaban J connectivity index is 1.25. The number of benzene rings is 7. The molecule has 4 aliphatic rings. The van der Waals surface area contributed by atoms with Crippen molar-refractivity contribution >= 4 is 79.3 Å². The third-order valence-corrected chi connectivity index (χ3v) is 15.8. The molecule has 0 atom stereocenters. The van der Waals surface area contributed by atoms with Crippen molar-refractivity contribution in [1.29, 1.82) is 0 Å². The highest BCUT2D eigenvalue weighted by atomic mass is 16.3. The molecule has 0 amide bonds. The van der Waals surface area contributed by atoms with Gasteiger partial charge in [0.2, 0.25) is 0 Å². The number of rotatable bonds is 2. The van der Waals surface area contributed by atoms with Crippen LogP contribution in [0, 0.1) is 0 Å². The summed E-state index contributed by atoms with van der Waals surface area (Å²) in [5.41, 5.74) is 22.0. The Kier molecular flexibility index (Phi) is 7.38. The SMILES string of the molecule is CC(C)(C)c1ccc(N2c3c(oc4cc5c(cc34)C(C)(C)CCC5(C)C)B3c4c(cc5c(oc6ccccc65)c42)-c2cccc4c2N3c2ccccc2C4(C)C)c(-c2ccccc2)c1. The molecule has 2 aromatic heterocycles. The summed E-state index contributed by atoms with van der Waals surface area (Å²) < 4.78 is 14.9. The lowest BCUT2D eigenvalue weighted by atomic mass is 9.44. The molecule has 64 heavy (non-hydrogen) atoms. The van der Waals surface area contributed by atoms with Crippen LogP contribution in [0.2, 0.25) is 0 Å². The van der Waals surface area contributed by atoms with E-state index in [1.165, 1.54) is 66.9 Å². The van der Waals surface area contributed by atoms with E-state index in [0.717, 1.165) is 68.5 Å². The number of hydrogen-bond acceptors (Lipinski definition) is 4. The van der Waals surface area contributed by atoms with Gasteiger partial charge in [-0.25, -0.2) is 0 Å². The Bertz CT molecular complexity index is 3490. The first kappa shape index (κ1) is 38.0. The van der Waals surface area contributed by atoms with Gasteiger partial charge >= 0.3 is 6.85 Å². The fourth-order valence-corrected chi connectivity index (χ4v) is 12.2. The summed E-state index contributed by atoms with van der Waals surface area (Å²) in [5, 5.41) is 3.39. The van der Waals surface area contributed by atoms with Gasteiger partial charge in [-0.05, 0) is 116 Å². The fraction of sp³-hybridized carbons (Fsp3) is 0.254. The van der Waals surface area contributed by atoms with Crippen LogP contribution < -0.4 is 20.8 Å². The molecule has 0 unspecified atom stereocenters. The predicted octanol–water partition coefficient (Wildman–Crippen LogP) is 15.0. The number of furan rings is 2. The van der Waals surface area contributed by atoms with Crippen LogP contribution in [0.25, 0.3) is 55.2 Å². The number of hydrogen-bond donors (Lipinski definition) is 0. The summed E-state index contributed by atoms with van der Waals surface area (Å²) in [5.74, 6) is 0. The van der Waals surface area contributed by atoms with Crippen molar-refractivity contribution in [3.05, 3.63) is 161 Å². The number of nitrogens with zero attached hydrogens (tertiary/aromatic N) is 2. The topological polar surface area (TPSA) is 32.8 Å². The van der Waals surface area contributed by atoms with E-state index in [1.54, 1.807) is 0 Å². The van der Waals surface area contributed by atoms with Crippen LogP contribution in [-0.4, -0.2) is 6.85 Å². The second kappa shape index (κ2) is 12.4. The van der Waals surface area contributed by atoms with Crippen LogP contribution in [0.5, 0.6) is 0 Å². The number of anilines is 5. The van der Waals surface area contributed by atoms with E-state index in [1.807, 2.05) is 0 Å². The monoisotopic (exact) mass is 832 g/mol. The van der Waals surface area contributed by atoms with Gasteiger partial charge in [-0.3, -0.25) is 0 Å². The van der Waals surface area contributed by atoms with Gasteiger partial charge < -0.3 is 18.5 Å². The van der Waals surface area contributed by atoms with Crippen molar-refractivity contribution in [1.82, 2.24) is 0 Å². The van der Waals surface area contributed by atoms with E-state index in [4.69, 9.17) is 8.83 Å². The molecule has 4 nitrogen and oxygen atoms in total. The molecule has 0 N–H and O–H groups in total. The second-order valence-electron chi connectivity index (χ2n) is 21.9. The largest absolute Gasteiger partial charge is 0.466 e. The Morgan fingerprint density at radius 3 is 2.00 bits per heavy atom. The molecule has 0 radical (unpaired) electrons. The van der Waals surface area contributed by atoms with Crippen molar-refractivity contribution in [2.24, 2.45) is 0 Å². The summed E-state index contributed by atoms with van der Waals surface area (Å²) >= 11 is 0. The quantitative estimate of drug-likeness (QED) is 0.162. The lowest BCUT2D eigenvalue weighted by molar-refractivity contribution is 0.332. The van der Waals surface area contributed by atoms with Crippen molar-refractivity contribution < 1.29 is 8.83 Å². The van der Waals surface area contributed by atoms with Crippen LogP contribution in [0.1, 0.15) is 103 Å². The first-order chi connectivity index (χ1) is 30.6. The van der Waals surface area contributed by atoms with Gasteiger partial charge in [0.25, 0.3) is 0 Å². The zero-order valence-electron chi connectivity index (χ0n) is 38.4. The molecule has 3 aliphatic heterocycles.